The van der Waals surface area contributed by atoms with Gasteiger partial charge in [-0.1, -0.05) is 0 Å². The van der Waals surface area contributed by atoms with Crippen LogP contribution in [0.2, 0.25) is 0 Å². The van der Waals surface area contributed by atoms with Crippen molar-refractivity contribution in [3.63, 3.8) is 0 Å². The molecule has 1 aliphatic rings. The molecule has 112 valence electrons. The summed E-state index contributed by atoms with van der Waals surface area (Å²) in [5, 5.41) is 0. The number of hydrogen-bond acceptors (Lipinski definition) is 3. The highest BCUT2D eigenvalue weighted by Crippen LogP contribution is 2.21. The maximum absolute atomic E-state index is 12.5. The first-order valence-corrected chi connectivity index (χ1v) is 7.25. The molecule has 1 saturated heterocycles. The Bertz CT molecular complexity index is 533. The third-order valence-electron chi connectivity index (χ3n) is 3.52. The average Bonchev–Trinajstić information content (AvgIpc) is 2.41. The summed E-state index contributed by atoms with van der Waals surface area (Å²) in [6.07, 6.45) is 4.50. The van der Waals surface area contributed by atoms with Gasteiger partial charge in [0.25, 0.3) is 11.5 Å². The molecule has 2 unspecified atom stereocenters. The first-order chi connectivity index (χ1) is 9.00. The normalized spacial score (nSPS) is 20.1. The number of nitrogens with zero attached hydrogens (tertiary/aromatic N) is 1. The van der Waals surface area contributed by atoms with Crippen LogP contribution in [0.1, 0.15) is 36.5 Å². The highest BCUT2D eigenvalue weighted by Gasteiger charge is 2.30. The number of carbonyl (C=O) groups is 1. The van der Waals surface area contributed by atoms with Crippen molar-refractivity contribution in [1.82, 2.24) is 9.88 Å². The Labute approximate surface area is 132 Å². The van der Waals surface area contributed by atoms with Gasteiger partial charge < -0.3 is 15.6 Å². The average molecular weight is 365 g/mol. The Kier molecular flexibility index (Phi) is 6.23. The van der Waals surface area contributed by atoms with Gasteiger partial charge in [0.1, 0.15) is 0 Å². The van der Waals surface area contributed by atoms with Crippen molar-refractivity contribution in [1.29, 1.82) is 0 Å². The summed E-state index contributed by atoms with van der Waals surface area (Å²) in [5.74, 6) is -0.0704. The molecule has 1 amide bonds. The van der Waals surface area contributed by atoms with Gasteiger partial charge in [-0.15, -0.1) is 12.4 Å². The van der Waals surface area contributed by atoms with Gasteiger partial charge in [0.2, 0.25) is 0 Å². The van der Waals surface area contributed by atoms with Crippen LogP contribution >= 0.6 is 28.3 Å². The standard InChI is InChI=1S/C13H18BrN3O2.ClH/c1-8(15)11-4-2-3-5-17(11)13(19)9-6-10(14)12(18)16-7-9;/h6-8,11H,2-5,15H2,1H3,(H,16,18);1H. The van der Waals surface area contributed by atoms with Crippen molar-refractivity contribution in [3.05, 3.63) is 32.7 Å². The molecule has 2 heterocycles. The number of nitrogens with two attached hydrogens (primary N) is 1. The molecule has 2 rings (SSSR count). The zero-order valence-corrected chi connectivity index (χ0v) is 13.7. The van der Waals surface area contributed by atoms with E-state index in [1.807, 2.05) is 11.8 Å². The van der Waals surface area contributed by atoms with Crippen LogP contribution in [-0.4, -0.2) is 34.4 Å². The van der Waals surface area contributed by atoms with Gasteiger partial charge in [-0.05, 0) is 48.2 Å². The molecule has 1 aromatic heterocycles. The summed E-state index contributed by atoms with van der Waals surface area (Å²) in [6.45, 7) is 2.65. The quantitative estimate of drug-likeness (QED) is 0.841. The molecule has 0 aliphatic carbocycles. The highest BCUT2D eigenvalue weighted by atomic mass is 79.9. The number of aromatic amines is 1. The number of aromatic nitrogens is 1. The summed E-state index contributed by atoms with van der Waals surface area (Å²) in [5.41, 5.74) is 6.21. The van der Waals surface area contributed by atoms with Crippen molar-refractivity contribution in [2.45, 2.75) is 38.3 Å². The molecule has 0 saturated carbocycles. The van der Waals surface area contributed by atoms with E-state index >= 15 is 0 Å². The van der Waals surface area contributed by atoms with E-state index in [0.29, 0.717) is 10.0 Å². The van der Waals surface area contributed by atoms with Crippen LogP contribution in [0.5, 0.6) is 0 Å². The maximum Gasteiger partial charge on any atom is 0.262 e. The van der Waals surface area contributed by atoms with Crippen LogP contribution in [-0.2, 0) is 0 Å². The SMILES string of the molecule is CC(N)C1CCCCN1C(=O)c1c[nH]c(=O)c(Br)c1.Cl. The van der Waals surface area contributed by atoms with E-state index < -0.39 is 0 Å². The number of rotatable bonds is 2. The lowest BCUT2D eigenvalue weighted by Gasteiger charge is -2.38. The lowest BCUT2D eigenvalue weighted by molar-refractivity contribution is 0.0583. The smallest absolute Gasteiger partial charge is 0.262 e. The molecule has 0 spiro atoms. The fourth-order valence-corrected chi connectivity index (χ4v) is 2.86. The molecule has 7 heteroatoms. The van der Waals surface area contributed by atoms with Gasteiger partial charge in [0.05, 0.1) is 10.0 Å². The molecule has 0 radical (unpaired) electrons. The minimum atomic E-state index is -0.237. The largest absolute Gasteiger partial charge is 0.334 e. The van der Waals surface area contributed by atoms with Crippen molar-refractivity contribution in [2.75, 3.05) is 6.54 Å². The number of halogens is 2. The topological polar surface area (TPSA) is 79.2 Å². The maximum atomic E-state index is 12.5. The third kappa shape index (κ3) is 3.62. The van der Waals surface area contributed by atoms with E-state index in [1.165, 1.54) is 6.20 Å². The second-order valence-corrected chi connectivity index (χ2v) is 5.84. The summed E-state index contributed by atoms with van der Waals surface area (Å²) in [4.78, 5) is 28.2. The van der Waals surface area contributed by atoms with Crippen molar-refractivity contribution >= 4 is 34.2 Å². The summed E-state index contributed by atoms with van der Waals surface area (Å²) in [7, 11) is 0. The van der Waals surface area contributed by atoms with Crippen LogP contribution in [0, 0.1) is 0 Å². The number of amides is 1. The molecule has 20 heavy (non-hydrogen) atoms. The minimum absolute atomic E-state index is 0. The van der Waals surface area contributed by atoms with Crippen LogP contribution < -0.4 is 11.3 Å². The monoisotopic (exact) mass is 363 g/mol. The number of carbonyl (C=O) groups excluding carboxylic acids is 1. The van der Waals surface area contributed by atoms with E-state index in [0.717, 1.165) is 25.8 Å². The number of H-pyrrole nitrogens is 1. The van der Waals surface area contributed by atoms with E-state index in [2.05, 4.69) is 20.9 Å². The minimum Gasteiger partial charge on any atom is -0.334 e. The van der Waals surface area contributed by atoms with Crippen molar-refractivity contribution < 1.29 is 4.79 Å². The number of pyridine rings is 1. The Balaban J connectivity index is 0.00000200. The molecule has 1 fully saturated rings. The highest BCUT2D eigenvalue weighted by molar-refractivity contribution is 9.10. The van der Waals surface area contributed by atoms with Crippen LogP contribution in [0.25, 0.3) is 0 Å². The lowest BCUT2D eigenvalue weighted by atomic mass is 9.96. The lowest BCUT2D eigenvalue weighted by Crippen LogP contribution is -2.51. The molecule has 5 nitrogen and oxygen atoms in total. The summed E-state index contributed by atoms with van der Waals surface area (Å²) in [6, 6.07) is 1.59. The second-order valence-electron chi connectivity index (χ2n) is 4.99. The number of likely N-dealkylation sites (tertiary alicyclic amines) is 1. The van der Waals surface area contributed by atoms with E-state index in [-0.39, 0.29) is 36.0 Å². The summed E-state index contributed by atoms with van der Waals surface area (Å²) < 4.78 is 0.368. The van der Waals surface area contributed by atoms with Gasteiger partial charge in [-0.2, -0.15) is 0 Å². The van der Waals surface area contributed by atoms with E-state index in [9.17, 15) is 9.59 Å². The van der Waals surface area contributed by atoms with Gasteiger partial charge in [0, 0.05) is 24.8 Å². The molecule has 3 N–H and O–H groups in total. The third-order valence-corrected chi connectivity index (χ3v) is 4.11. The van der Waals surface area contributed by atoms with Crippen LogP contribution in [0.4, 0.5) is 0 Å². The fourth-order valence-electron chi connectivity index (χ4n) is 2.50. The number of nitrogens with one attached hydrogen (secondary N) is 1. The Morgan fingerprint density at radius 2 is 2.25 bits per heavy atom. The first-order valence-electron chi connectivity index (χ1n) is 6.45. The summed E-state index contributed by atoms with van der Waals surface area (Å²) >= 11 is 3.14. The predicted molar refractivity (Wildman–Crippen MR) is 84.3 cm³/mol. The molecule has 2 atom stereocenters. The molecule has 0 bridgehead atoms. The number of piperidine rings is 1. The van der Waals surface area contributed by atoms with Crippen molar-refractivity contribution in [3.8, 4) is 0 Å². The fraction of sp³-hybridized carbons (Fsp3) is 0.538. The van der Waals surface area contributed by atoms with Gasteiger partial charge in [-0.3, -0.25) is 9.59 Å². The Morgan fingerprint density at radius 1 is 1.55 bits per heavy atom. The van der Waals surface area contributed by atoms with Gasteiger partial charge >= 0.3 is 0 Å². The first kappa shape index (κ1) is 17.2. The van der Waals surface area contributed by atoms with E-state index in [4.69, 9.17) is 5.73 Å². The zero-order chi connectivity index (χ0) is 14.0. The number of hydrogen-bond donors (Lipinski definition) is 2. The van der Waals surface area contributed by atoms with Crippen molar-refractivity contribution in [2.24, 2.45) is 5.73 Å². The second kappa shape index (κ2) is 7.24. The molecule has 1 aliphatic heterocycles. The Morgan fingerprint density at radius 3 is 2.85 bits per heavy atom. The molecule has 0 aromatic carbocycles. The van der Waals surface area contributed by atoms with Crippen LogP contribution in [0.3, 0.4) is 0 Å². The Hall–Kier alpha value is -0.850. The van der Waals surface area contributed by atoms with E-state index in [1.54, 1.807) is 6.07 Å². The molecular formula is C13H19BrClN3O2. The molecular weight excluding hydrogens is 346 g/mol. The van der Waals surface area contributed by atoms with Gasteiger partial charge in [-0.25, -0.2) is 0 Å². The predicted octanol–water partition coefficient (Wildman–Crippen LogP) is 1.90. The zero-order valence-electron chi connectivity index (χ0n) is 11.3. The van der Waals surface area contributed by atoms with Gasteiger partial charge in [0.15, 0.2) is 0 Å². The van der Waals surface area contributed by atoms with Crippen LogP contribution in [0.15, 0.2) is 21.5 Å². The molecule has 1 aromatic rings.